The highest BCUT2D eigenvalue weighted by Gasteiger charge is 2.12. The number of amides is 3. The smallest absolute Gasteiger partial charge is 0.407 e. The van der Waals surface area contributed by atoms with E-state index in [0.717, 1.165) is 10.4 Å². The SMILES string of the molecule is Cc1ccc(NC(=O)Nc2ncc(CNC(=O)OCCN(C)C)s2)c(OCC(C)C)c1. The maximum Gasteiger partial charge on any atom is 0.407 e. The number of ether oxygens (including phenoxy) is 2. The molecule has 0 bridgehead atoms. The number of anilines is 2. The number of benzene rings is 1. The third kappa shape index (κ3) is 9.22. The minimum absolute atomic E-state index is 0.271. The standard InChI is InChI=1S/C21H31N5O4S/c1-14(2)13-30-18-10-15(3)6-7-17(18)24-19(27)25-20-22-11-16(31-20)12-23-21(28)29-9-8-26(4)5/h6-7,10-11,14H,8-9,12-13H2,1-5H3,(H,23,28)(H2,22,24,25,27). The molecule has 0 radical (unpaired) electrons. The van der Waals surface area contributed by atoms with E-state index in [1.165, 1.54) is 11.3 Å². The third-order valence-corrected chi connectivity index (χ3v) is 4.82. The van der Waals surface area contributed by atoms with Crippen LogP contribution in [-0.2, 0) is 11.3 Å². The van der Waals surface area contributed by atoms with E-state index in [2.05, 4.69) is 34.8 Å². The Hall–Kier alpha value is -2.85. The first-order valence-corrected chi connectivity index (χ1v) is 10.9. The summed E-state index contributed by atoms with van der Waals surface area (Å²) in [5.74, 6) is 0.996. The summed E-state index contributed by atoms with van der Waals surface area (Å²) >= 11 is 1.27. The van der Waals surface area contributed by atoms with Crippen molar-refractivity contribution >= 4 is 34.3 Å². The molecule has 0 spiro atoms. The van der Waals surface area contributed by atoms with Crippen molar-refractivity contribution in [3.05, 3.63) is 34.8 Å². The number of nitrogens with zero attached hydrogens (tertiary/aromatic N) is 2. The summed E-state index contributed by atoms with van der Waals surface area (Å²) < 4.78 is 10.9. The van der Waals surface area contributed by atoms with Crippen molar-refractivity contribution in [2.45, 2.75) is 27.3 Å². The molecule has 3 N–H and O–H groups in total. The van der Waals surface area contributed by atoms with Gasteiger partial charge >= 0.3 is 12.1 Å². The summed E-state index contributed by atoms with van der Waals surface area (Å²) in [4.78, 5) is 31.0. The molecule has 0 saturated heterocycles. The molecule has 0 aliphatic rings. The number of aryl methyl sites for hydroxylation is 1. The summed E-state index contributed by atoms with van der Waals surface area (Å²) in [5, 5.41) is 8.59. The zero-order chi connectivity index (χ0) is 22.8. The van der Waals surface area contributed by atoms with E-state index in [4.69, 9.17) is 9.47 Å². The Morgan fingerprint density at radius 3 is 2.71 bits per heavy atom. The number of carbonyl (C=O) groups is 2. The van der Waals surface area contributed by atoms with E-state index < -0.39 is 12.1 Å². The monoisotopic (exact) mass is 449 g/mol. The predicted molar refractivity (Wildman–Crippen MR) is 123 cm³/mol. The second-order valence-electron chi connectivity index (χ2n) is 7.71. The van der Waals surface area contributed by atoms with E-state index in [9.17, 15) is 9.59 Å². The first-order chi connectivity index (χ1) is 14.7. The van der Waals surface area contributed by atoms with Crippen LogP contribution in [-0.4, -0.2) is 55.9 Å². The lowest BCUT2D eigenvalue weighted by molar-refractivity contribution is 0.136. The molecule has 0 unspecified atom stereocenters. The Balaban J connectivity index is 1.84. The molecule has 0 atom stereocenters. The molecule has 10 heteroatoms. The van der Waals surface area contributed by atoms with Gasteiger partial charge in [-0.1, -0.05) is 31.3 Å². The maximum atomic E-state index is 12.4. The Morgan fingerprint density at radius 2 is 2.00 bits per heavy atom. The van der Waals surface area contributed by atoms with E-state index >= 15 is 0 Å². The van der Waals surface area contributed by atoms with Crippen LogP contribution in [0.3, 0.4) is 0 Å². The molecule has 2 aromatic rings. The molecular formula is C21H31N5O4S. The number of rotatable bonds is 10. The minimum atomic E-state index is -0.490. The van der Waals surface area contributed by atoms with Gasteiger partial charge in [0.1, 0.15) is 12.4 Å². The van der Waals surface area contributed by atoms with Crippen LogP contribution in [0.1, 0.15) is 24.3 Å². The maximum absolute atomic E-state index is 12.4. The van der Waals surface area contributed by atoms with E-state index in [1.807, 2.05) is 44.1 Å². The molecule has 1 aromatic carbocycles. The summed E-state index contributed by atoms with van der Waals surface area (Å²) in [5.41, 5.74) is 1.63. The van der Waals surface area contributed by atoms with Crippen molar-refractivity contribution in [3.8, 4) is 5.75 Å². The van der Waals surface area contributed by atoms with Gasteiger partial charge in [0, 0.05) is 17.6 Å². The van der Waals surface area contributed by atoms with Gasteiger partial charge in [-0.15, -0.1) is 0 Å². The number of aromatic nitrogens is 1. The van der Waals surface area contributed by atoms with Gasteiger partial charge < -0.3 is 25.0 Å². The molecule has 1 aromatic heterocycles. The second kappa shape index (κ2) is 12.1. The Kier molecular flexibility index (Phi) is 9.54. The van der Waals surface area contributed by atoms with E-state index in [1.54, 1.807) is 6.20 Å². The van der Waals surface area contributed by atoms with Crippen LogP contribution in [0.5, 0.6) is 5.75 Å². The van der Waals surface area contributed by atoms with E-state index in [-0.39, 0.29) is 6.54 Å². The van der Waals surface area contributed by atoms with Gasteiger partial charge in [0.05, 0.1) is 18.8 Å². The lowest BCUT2D eigenvalue weighted by atomic mass is 10.2. The van der Waals surface area contributed by atoms with Crippen molar-refractivity contribution in [1.29, 1.82) is 0 Å². The van der Waals surface area contributed by atoms with Crippen molar-refractivity contribution in [1.82, 2.24) is 15.2 Å². The molecular weight excluding hydrogens is 418 g/mol. The summed E-state index contributed by atoms with van der Waals surface area (Å²) in [6.07, 6.45) is 1.11. The second-order valence-corrected chi connectivity index (χ2v) is 8.82. The van der Waals surface area contributed by atoms with Gasteiger partial charge in [-0.05, 0) is 44.6 Å². The molecule has 2 rings (SSSR count). The molecule has 0 fully saturated rings. The number of hydrogen-bond donors (Lipinski definition) is 3. The Labute approximate surface area is 187 Å². The fourth-order valence-corrected chi connectivity index (χ4v) is 3.08. The highest BCUT2D eigenvalue weighted by Crippen LogP contribution is 2.27. The van der Waals surface area contributed by atoms with Crippen LogP contribution in [0.15, 0.2) is 24.4 Å². The van der Waals surface area contributed by atoms with Crippen molar-refractivity contribution in [2.24, 2.45) is 5.92 Å². The average Bonchev–Trinajstić information content (AvgIpc) is 3.13. The zero-order valence-corrected chi connectivity index (χ0v) is 19.5. The molecule has 170 valence electrons. The molecule has 0 saturated carbocycles. The van der Waals surface area contributed by atoms with Gasteiger partial charge in [-0.2, -0.15) is 0 Å². The fourth-order valence-electron chi connectivity index (χ4n) is 2.34. The first-order valence-electron chi connectivity index (χ1n) is 10.0. The number of nitrogens with one attached hydrogen (secondary N) is 3. The number of carbonyl (C=O) groups excluding carboxylic acids is 2. The number of urea groups is 1. The molecule has 1 heterocycles. The predicted octanol–water partition coefficient (Wildman–Crippen LogP) is 3.92. The Bertz CT molecular complexity index is 869. The third-order valence-electron chi connectivity index (χ3n) is 3.91. The Morgan fingerprint density at radius 1 is 1.23 bits per heavy atom. The molecule has 3 amide bonds. The highest BCUT2D eigenvalue weighted by molar-refractivity contribution is 7.15. The molecule has 9 nitrogen and oxygen atoms in total. The van der Waals surface area contributed by atoms with Gasteiger partial charge in [-0.3, -0.25) is 5.32 Å². The quantitative estimate of drug-likeness (QED) is 0.508. The summed E-state index contributed by atoms with van der Waals surface area (Å²) in [6, 6.07) is 5.19. The van der Waals surface area contributed by atoms with Gasteiger partial charge in [0.25, 0.3) is 0 Å². The van der Waals surface area contributed by atoms with E-state index in [0.29, 0.717) is 42.2 Å². The summed E-state index contributed by atoms with van der Waals surface area (Å²) in [6.45, 7) is 7.89. The highest BCUT2D eigenvalue weighted by atomic mass is 32.1. The number of thiazole rings is 1. The van der Waals surface area contributed by atoms with Crippen LogP contribution in [0, 0.1) is 12.8 Å². The average molecular weight is 450 g/mol. The van der Waals surface area contributed by atoms with Crippen molar-refractivity contribution in [3.63, 3.8) is 0 Å². The first kappa shape index (κ1) is 24.4. The van der Waals surface area contributed by atoms with Crippen LogP contribution in [0.25, 0.3) is 0 Å². The number of alkyl carbamates (subject to hydrolysis) is 1. The largest absolute Gasteiger partial charge is 0.491 e. The van der Waals surface area contributed by atoms with Crippen molar-refractivity contribution < 1.29 is 19.1 Å². The van der Waals surface area contributed by atoms with Gasteiger partial charge in [-0.25, -0.2) is 14.6 Å². The lowest BCUT2D eigenvalue weighted by Crippen LogP contribution is -2.27. The van der Waals surface area contributed by atoms with Gasteiger partial charge in [0.15, 0.2) is 5.13 Å². The topological polar surface area (TPSA) is 105 Å². The zero-order valence-electron chi connectivity index (χ0n) is 18.7. The van der Waals surface area contributed by atoms with Crippen LogP contribution < -0.4 is 20.7 Å². The molecule has 0 aliphatic heterocycles. The van der Waals surface area contributed by atoms with Crippen LogP contribution >= 0.6 is 11.3 Å². The number of hydrogen-bond acceptors (Lipinski definition) is 7. The minimum Gasteiger partial charge on any atom is -0.491 e. The lowest BCUT2D eigenvalue weighted by Gasteiger charge is -2.14. The van der Waals surface area contributed by atoms with Gasteiger partial charge in [0.2, 0.25) is 0 Å². The van der Waals surface area contributed by atoms with Crippen LogP contribution in [0.2, 0.25) is 0 Å². The van der Waals surface area contributed by atoms with Crippen molar-refractivity contribution in [2.75, 3.05) is 44.5 Å². The normalized spacial score (nSPS) is 10.8. The fraction of sp³-hybridized carbons (Fsp3) is 0.476. The molecule has 0 aliphatic carbocycles. The summed E-state index contributed by atoms with van der Waals surface area (Å²) in [7, 11) is 3.81. The van der Waals surface area contributed by atoms with Crippen LogP contribution in [0.4, 0.5) is 20.4 Å². The number of likely N-dealkylation sites (N-methyl/N-ethyl adjacent to an activating group) is 1. The molecule has 31 heavy (non-hydrogen) atoms.